The highest BCUT2D eigenvalue weighted by atomic mass is 16.8. The van der Waals surface area contributed by atoms with Gasteiger partial charge in [0.25, 0.3) is 0 Å². The van der Waals surface area contributed by atoms with Crippen molar-refractivity contribution in [2.24, 2.45) is 41.4 Å². The number of hydrogen-bond acceptors (Lipinski definition) is 13. The topological polar surface area (TPSA) is 188 Å². The molecule has 13 heteroatoms. The number of esters is 3. The predicted octanol–water partition coefficient (Wildman–Crippen LogP) is -0.765. The number of fused-ring (bicyclic) bond motifs is 2. The lowest BCUT2D eigenvalue weighted by Crippen LogP contribution is -2.60. The van der Waals surface area contributed by atoms with Crippen LogP contribution in [0.2, 0.25) is 0 Å². The predicted molar refractivity (Wildman–Crippen MR) is 130 cm³/mol. The van der Waals surface area contributed by atoms with Gasteiger partial charge in [-0.1, -0.05) is 13.8 Å². The number of rotatable bonds is 6. The molecule has 40 heavy (non-hydrogen) atoms. The zero-order valence-corrected chi connectivity index (χ0v) is 22.7. The summed E-state index contributed by atoms with van der Waals surface area (Å²) in [6.45, 7) is 3.47. The second-order valence-corrected chi connectivity index (χ2v) is 11.6. The summed E-state index contributed by atoms with van der Waals surface area (Å²) in [6, 6.07) is 0. The van der Waals surface area contributed by atoms with Crippen LogP contribution in [0.1, 0.15) is 33.1 Å². The molecule has 14 unspecified atom stereocenters. The minimum Gasteiger partial charge on any atom is -0.472 e. The number of methoxy groups -OCH3 is 1. The molecule has 3 aliphatic heterocycles. The molecule has 0 bridgehead atoms. The van der Waals surface area contributed by atoms with Crippen molar-refractivity contribution in [3.63, 3.8) is 0 Å². The van der Waals surface area contributed by atoms with E-state index in [-0.39, 0.29) is 42.1 Å². The third-order valence-electron chi connectivity index (χ3n) is 9.58. The van der Waals surface area contributed by atoms with Gasteiger partial charge in [-0.15, -0.1) is 0 Å². The average molecular weight is 571 g/mol. The summed E-state index contributed by atoms with van der Waals surface area (Å²) < 4.78 is 33.3. The van der Waals surface area contributed by atoms with E-state index < -0.39 is 73.5 Å². The van der Waals surface area contributed by atoms with Crippen molar-refractivity contribution < 1.29 is 63.2 Å². The summed E-state index contributed by atoms with van der Waals surface area (Å²) in [7, 11) is 1.22. The smallest absolute Gasteiger partial charge is 0.337 e. The van der Waals surface area contributed by atoms with E-state index >= 15 is 0 Å². The van der Waals surface area contributed by atoms with Crippen molar-refractivity contribution in [3.8, 4) is 0 Å². The quantitative estimate of drug-likeness (QED) is 0.177. The van der Waals surface area contributed by atoms with Crippen LogP contribution in [-0.2, 0) is 42.8 Å². The van der Waals surface area contributed by atoms with Crippen LogP contribution in [0.5, 0.6) is 0 Å². The molecule has 3 heterocycles. The second kappa shape index (κ2) is 11.5. The summed E-state index contributed by atoms with van der Waals surface area (Å²) in [5, 5.41) is 40.1. The maximum absolute atomic E-state index is 13.4. The maximum Gasteiger partial charge on any atom is 0.337 e. The van der Waals surface area contributed by atoms with Crippen molar-refractivity contribution in [1.82, 2.24) is 0 Å². The van der Waals surface area contributed by atoms with Crippen LogP contribution in [0.15, 0.2) is 11.8 Å². The van der Waals surface area contributed by atoms with Gasteiger partial charge < -0.3 is 48.8 Å². The molecule has 0 aromatic carbocycles. The molecule has 2 saturated carbocycles. The van der Waals surface area contributed by atoms with Crippen molar-refractivity contribution in [2.75, 3.05) is 20.3 Å². The van der Waals surface area contributed by atoms with Crippen LogP contribution in [0.3, 0.4) is 0 Å². The van der Waals surface area contributed by atoms with E-state index in [1.165, 1.54) is 13.4 Å². The summed E-state index contributed by atoms with van der Waals surface area (Å²) in [5.41, 5.74) is 0.349. The van der Waals surface area contributed by atoms with Gasteiger partial charge in [0, 0.05) is 17.8 Å². The molecular formula is C27H38O13. The van der Waals surface area contributed by atoms with E-state index in [0.29, 0.717) is 18.4 Å². The van der Waals surface area contributed by atoms with Crippen LogP contribution in [-0.4, -0.2) is 102 Å². The summed E-state index contributed by atoms with van der Waals surface area (Å²) in [4.78, 5) is 38.0. The second-order valence-electron chi connectivity index (χ2n) is 11.6. The Morgan fingerprint density at radius 3 is 2.50 bits per heavy atom. The van der Waals surface area contributed by atoms with Crippen molar-refractivity contribution >= 4 is 17.9 Å². The summed E-state index contributed by atoms with van der Waals surface area (Å²) in [5.74, 6) is -4.01. The van der Waals surface area contributed by atoms with Gasteiger partial charge in [0.15, 0.2) is 12.2 Å². The Hall–Kier alpha value is -2.29. The van der Waals surface area contributed by atoms with Gasteiger partial charge in [0.1, 0.15) is 30.5 Å². The zero-order valence-electron chi connectivity index (χ0n) is 22.7. The van der Waals surface area contributed by atoms with E-state index in [1.807, 2.05) is 13.8 Å². The number of aliphatic hydroxyl groups is 4. The highest BCUT2D eigenvalue weighted by Gasteiger charge is 2.55. The maximum atomic E-state index is 13.4. The minimum absolute atomic E-state index is 0.0774. The van der Waals surface area contributed by atoms with Crippen molar-refractivity contribution in [2.45, 2.75) is 76.2 Å². The molecule has 13 nitrogen and oxygen atoms in total. The highest BCUT2D eigenvalue weighted by molar-refractivity contribution is 5.96. The normalized spacial score (nSPS) is 46.4. The molecule has 0 spiro atoms. The molecule has 224 valence electrons. The lowest BCUT2D eigenvalue weighted by Gasteiger charge is -2.43. The molecule has 2 saturated heterocycles. The molecule has 0 aromatic rings. The zero-order chi connectivity index (χ0) is 28.9. The highest BCUT2D eigenvalue weighted by Crippen LogP contribution is 2.49. The standard InChI is InChI=1S/C27H38O13/c1-10-4-5-12-15(9-37-26(18(10)12)40-27-22(31)21(30)20(29)17(7-28)39-27)23(32)38-16-6-13-14(11(16)2)8-36-25(34)19(13)24(33)35-3/h9-14,16-22,26-31H,4-8H2,1-3H3. The molecular weight excluding hydrogens is 532 g/mol. The first kappa shape index (κ1) is 29.2. The lowest BCUT2D eigenvalue weighted by atomic mass is 9.80. The van der Waals surface area contributed by atoms with E-state index in [0.717, 1.165) is 6.42 Å². The fourth-order valence-electron chi connectivity index (χ4n) is 7.18. The number of hydrogen-bond donors (Lipinski definition) is 4. The number of cyclic esters (lactones) is 1. The van der Waals surface area contributed by atoms with Crippen LogP contribution < -0.4 is 0 Å². The molecule has 0 aromatic heterocycles. The molecule has 4 N–H and O–H groups in total. The number of carbonyl (C=O) groups excluding carboxylic acids is 3. The molecule has 0 amide bonds. The first-order valence-corrected chi connectivity index (χ1v) is 13.8. The fraction of sp³-hybridized carbons (Fsp3) is 0.815. The molecule has 5 rings (SSSR count). The largest absolute Gasteiger partial charge is 0.472 e. The summed E-state index contributed by atoms with van der Waals surface area (Å²) in [6.07, 6.45) is -5.55. The van der Waals surface area contributed by atoms with Gasteiger partial charge in [-0.05, 0) is 37.0 Å². The minimum atomic E-state index is -1.59. The van der Waals surface area contributed by atoms with Gasteiger partial charge in [0.05, 0.1) is 32.2 Å². The number of ether oxygens (including phenoxy) is 6. The Balaban J connectivity index is 1.28. The van der Waals surface area contributed by atoms with Gasteiger partial charge in [-0.2, -0.15) is 0 Å². The van der Waals surface area contributed by atoms with Crippen molar-refractivity contribution in [3.05, 3.63) is 11.8 Å². The fourth-order valence-corrected chi connectivity index (χ4v) is 7.18. The lowest BCUT2D eigenvalue weighted by molar-refractivity contribution is -0.342. The third kappa shape index (κ3) is 5.01. The third-order valence-corrected chi connectivity index (χ3v) is 9.58. The number of aliphatic hydroxyl groups excluding tert-OH is 4. The molecule has 4 fully saturated rings. The monoisotopic (exact) mass is 570 g/mol. The molecule has 14 atom stereocenters. The van der Waals surface area contributed by atoms with Crippen LogP contribution in [0.4, 0.5) is 0 Å². The Bertz CT molecular complexity index is 1000. The first-order chi connectivity index (χ1) is 19.1. The van der Waals surface area contributed by atoms with Crippen molar-refractivity contribution in [1.29, 1.82) is 0 Å². The molecule has 2 aliphatic carbocycles. The van der Waals surface area contributed by atoms with Crippen LogP contribution >= 0.6 is 0 Å². The Labute approximate surface area is 231 Å². The SMILES string of the molecule is COC(=O)C1C(=O)OCC2C(C)C(OC(=O)C3=COC(OC4OC(CO)C(O)C(O)C4O)C4C(C)CCC34)CC12. The van der Waals surface area contributed by atoms with E-state index in [2.05, 4.69) is 0 Å². The van der Waals surface area contributed by atoms with Gasteiger partial charge in [0.2, 0.25) is 6.29 Å². The van der Waals surface area contributed by atoms with E-state index in [4.69, 9.17) is 28.4 Å². The number of carbonyl (C=O) groups is 3. The van der Waals surface area contributed by atoms with Gasteiger partial charge in [-0.3, -0.25) is 9.59 Å². The Morgan fingerprint density at radius 1 is 1.05 bits per heavy atom. The van der Waals surface area contributed by atoms with Crippen LogP contribution in [0.25, 0.3) is 0 Å². The first-order valence-electron chi connectivity index (χ1n) is 13.8. The molecule has 0 radical (unpaired) electrons. The molecule has 5 aliphatic rings. The van der Waals surface area contributed by atoms with Crippen LogP contribution in [0, 0.1) is 41.4 Å². The Morgan fingerprint density at radius 2 is 1.80 bits per heavy atom. The van der Waals surface area contributed by atoms with Gasteiger partial charge in [-0.25, -0.2) is 4.79 Å². The Kier molecular flexibility index (Phi) is 8.42. The van der Waals surface area contributed by atoms with Gasteiger partial charge >= 0.3 is 17.9 Å². The summed E-state index contributed by atoms with van der Waals surface area (Å²) >= 11 is 0. The van der Waals surface area contributed by atoms with E-state index in [1.54, 1.807) is 0 Å². The average Bonchev–Trinajstić information content (AvgIpc) is 3.48. The van der Waals surface area contributed by atoms with E-state index in [9.17, 15) is 34.8 Å².